The number of rotatable bonds is 4. The zero-order chi connectivity index (χ0) is 19.7. The summed E-state index contributed by atoms with van der Waals surface area (Å²) in [7, 11) is 0. The van der Waals surface area contributed by atoms with E-state index in [0.717, 1.165) is 23.2 Å². The van der Waals surface area contributed by atoms with Crippen LogP contribution in [0.3, 0.4) is 0 Å². The molecule has 1 saturated heterocycles. The number of carbonyl (C=O) groups is 2. The minimum absolute atomic E-state index is 0.0569. The van der Waals surface area contributed by atoms with Crippen molar-refractivity contribution in [2.24, 2.45) is 5.92 Å². The lowest BCUT2D eigenvalue weighted by molar-refractivity contribution is -0.119. The molecule has 6 heteroatoms. The van der Waals surface area contributed by atoms with Crippen LogP contribution in [0.2, 0.25) is 0 Å². The molecule has 0 saturated carbocycles. The molecule has 2 aromatic carbocycles. The van der Waals surface area contributed by atoms with Crippen LogP contribution < -0.4 is 9.80 Å². The Morgan fingerprint density at radius 1 is 1.18 bits per heavy atom. The molecule has 146 valence electrons. The van der Waals surface area contributed by atoms with Crippen LogP contribution >= 0.6 is 0 Å². The maximum atomic E-state index is 14.5. The average molecular weight is 382 g/mol. The molecule has 4 rings (SSSR count). The van der Waals surface area contributed by atoms with Crippen LogP contribution in [-0.4, -0.2) is 36.6 Å². The number of nitrogens with zero attached hydrogens (tertiary/aromatic N) is 2. The smallest absolute Gasteiger partial charge is 0.231 e. The minimum atomic E-state index is -0.426. The van der Waals surface area contributed by atoms with Gasteiger partial charge in [0, 0.05) is 37.7 Å². The largest absolute Gasteiger partial charge is 0.396 e. The fourth-order valence-electron chi connectivity index (χ4n) is 4.19. The van der Waals surface area contributed by atoms with Gasteiger partial charge in [-0.25, -0.2) is 4.39 Å². The maximum Gasteiger partial charge on any atom is 0.231 e. The van der Waals surface area contributed by atoms with Crippen molar-refractivity contribution in [2.45, 2.75) is 25.7 Å². The van der Waals surface area contributed by atoms with Crippen molar-refractivity contribution in [3.8, 4) is 0 Å². The first-order chi connectivity index (χ1) is 13.6. The Bertz CT molecular complexity index is 914. The van der Waals surface area contributed by atoms with Crippen molar-refractivity contribution in [3.05, 3.63) is 59.4 Å². The second-order valence-electron chi connectivity index (χ2n) is 7.46. The lowest BCUT2D eigenvalue weighted by Crippen LogP contribution is -2.42. The van der Waals surface area contributed by atoms with Crippen molar-refractivity contribution in [1.29, 1.82) is 0 Å². The molecule has 1 atom stereocenters. The molecule has 0 aliphatic carbocycles. The fraction of sp³-hybridized carbons (Fsp3) is 0.364. The third kappa shape index (κ3) is 3.40. The van der Waals surface area contributed by atoms with E-state index in [-0.39, 0.29) is 37.3 Å². The van der Waals surface area contributed by atoms with Crippen molar-refractivity contribution < 1.29 is 19.1 Å². The number of hydrogen-bond donors (Lipinski definition) is 1. The van der Waals surface area contributed by atoms with Crippen LogP contribution in [0.1, 0.15) is 24.0 Å². The second kappa shape index (κ2) is 7.72. The molecular formula is C22H23FN2O3. The highest BCUT2D eigenvalue weighted by molar-refractivity contribution is 5.99. The molecule has 5 nitrogen and oxygen atoms in total. The summed E-state index contributed by atoms with van der Waals surface area (Å²) in [5, 5.41) is 9.62. The molecule has 1 N–H and O–H groups in total. The van der Waals surface area contributed by atoms with Gasteiger partial charge in [0.1, 0.15) is 5.82 Å². The van der Waals surface area contributed by atoms with E-state index in [1.807, 2.05) is 24.3 Å². The van der Waals surface area contributed by atoms with Crippen molar-refractivity contribution in [2.75, 3.05) is 29.5 Å². The molecule has 1 fully saturated rings. The van der Waals surface area contributed by atoms with E-state index in [2.05, 4.69) is 0 Å². The molecule has 0 spiro atoms. The summed E-state index contributed by atoms with van der Waals surface area (Å²) in [6.45, 7) is 0.879. The highest BCUT2D eigenvalue weighted by Gasteiger charge is 2.31. The van der Waals surface area contributed by atoms with Crippen LogP contribution in [0.25, 0.3) is 0 Å². The van der Waals surface area contributed by atoms with E-state index in [0.29, 0.717) is 25.1 Å². The van der Waals surface area contributed by atoms with Gasteiger partial charge in [0.25, 0.3) is 0 Å². The highest BCUT2D eigenvalue weighted by Crippen LogP contribution is 2.33. The Labute approximate surface area is 163 Å². The SMILES string of the molecule is O=C1CCCN1c1ccccc1CC(=O)N1CC(CO)Cc2cccc(F)c21. The average Bonchev–Trinajstić information content (AvgIpc) is 3.13. The Morgan fingerprint density at radius 2 is 2.00 bits per heavy atom. The van der Waals surface area contributed by atoms with Gasteiger partial charge < -0.3 is 14.9 Å². The maximum absolute atomic E-state index is 14.5. The van der Waals surface area contributed by atoms with Crippen molar-refractivity contribution in [3.63, 3.8) is 0 Å². The van der Waals surface area contributed by atoms with Gasteiger partial charge in [-0.3, -0.25) is 9.59 Å². The Kier molecular flexibility index (Phi) is 5.13. The van der Waals surface area contributed by atoms with Crippen LogP contribution in [-0.2, 0) is 22.4 Å². The molecule has 2 amide bonds. The third-order valence-corrected chi connectivity index (χ3v) is 5.55. The molecule has 0 radical (unpaired) electrons. The lowest BCUT2D eigenvalue weighted by Gasteiger charge is -2.34. The Morgan fingerprint density at radius 3 is 2.75 bits per heavy atom. The quantitative estimate of drug-likeness (QED) is 0.885. The summed E-state index contributed by atoms with van der Waals surface area (Å²) in [6.07, 6.45) is 1.95. The molecule has 2 heterocycles. The van der Waals surface area contributed by atoms with Crippen molar-refractivity contribution in [1.82, 2.24) is 0 Å². The first-order valence-electron chi connectivity index (χ1n) is 9.65. The van der Waals surface area contributed by atoms with E-state index in [9.17, 15) is 19.1 Å². The van der Waals surface area contributed by atoms with E-state index in [4.69, 9.17) is 0 Å². The van der Waals surface area contributed by atoms with Crippen LogP contribution in [0.4, 0.5) is 15.8 Å². The zero-order valence-electron chi connectivity index (χ0n) is 15.6. The lowest BCUT2D eigenvalue weighted by atomic mass is 9.92. The van der Waals surface area contributed by atoms with Gasteiger partial charge in [-0.05, 0) is 36.1 Å². The molecule has 0 aromatic heterocycles. The standard InChI is InChI=1S/C22H23FN2O3/c23-18-7-3-6-17-11-15(14-26)13-25(22(17)18)21(28)12-16-5-1-2-8-19(16)24-10-4-9-20(24)27/h1-3,5-8,15,26H,4,9-14H2. The summed E-state index contributed by atoms with van der Waals surface area (Å²) in [5.41, 5.74) is 2.56. The third-order valence-electron chi connectivity index (χ3n) is 5.55. The van der Waals surface area contributed by atoms with Gasteiger partial charge in [0.2, 0.25) is 11.8 Å². The number of amides is 2. The molecular weight excluding hydrogens is 359 g/mol. The predicted octanol–water partition coefficient (Wildman–Crippen LogP) is 2.69. The summed E-state index contributed by atoms with van der Waals surface area (Å²) in [4.78, 5) is 28.5. The van der Waals surface area contributed by atoms with E-state index in [1.165, 1.54) is 11.0 Å². The normalized spacial score (nSPS) is 19.1. The number of benzene rings is 2. The van der Waals surface area contributed by atoms with Crippen LogP contribution in [0.5, 0.6) is 0 Å². The zero-order valence-corrected chi connectivity index (χ0v) is 15.6. The highest BCUT2D eigenvalue weighted by atomic mass is 19.1. The fourth-order valence-corrected chi connectivity index (χ4v) is 4.19. The molecule has 2 aliphatic heterocycles. The molecule has 2 aromatic rings. The molecule has 28 heavy (non-hydrogen) atoms. The number of halogens is 1. The monoisotopic (exact) mass is 382 g/mol. The van der Waals surface area contributed by atoms with E-state index >= 15 is 0 Å². The van der Waals surface area contributed by atoms with Crippen LogP contribution in [0.15, 0.2) is 42.5 Å². The number of hydrogen-bond acceptors (Lipinski definition) is 3. The predicted molar refractivity (Wildman–Crippen MR) is 105 cm³/mol. The minimum Gasteiger partial charge on any atom is -0.396 e. The Balaban J connectivity index is 1.64. The van der Waals surface area contributed by atoms with Gasteiger partial charge in [0.15, 0.2) is 0 Å². The van der Waals surface area contributed by atoms with Crippen molar-refractivity contribution >= 4 is 23.2 Å². The number of aliphatic hydroxyl groups is 1. The first-order valence-corrected chi connectivity index (χ1v) is 9.65. The number of fused-ring (bicyclic) bond motifs is 1. The van der Waals surface area contributed by atoms with Crippen LogP contribution in [0, 0.1) is 11.7 Å². The van der Waals surface area contributed by atoms with Gasteiger partial charge in [0.05, 0.1) is 12.1 Å². The summed E-state index contributed by atoms with van der Waals surface area (Å²) < 4.78 is 14.5. The topological polar surface area (TPSA) is 60.9 Å². The first kappa shape index (κ1) is 18.6. The molecule has 0 bridgehead atoms. The Hall–Kier alpha value is -2.73. The van der Waals surface area contributed by atoms with E-state index in [1.54, 1.807) is 17.0 Å². The summed E-state index contributed by atoms with van der Waals surface area (Å²) >= 11 is 0. The number of aliphatic hydroxyl groups excluding tert-OH is 1. The number of para-hydroxylation sites is 2. The number of anilines is 2. The second-order valence-corrected chi connectivity index (χ2v) is 7.46. The van der Waals surface area contributed by atoms with Gasteiger partial charge in [-0.2, -0.15) is 0 Å². The molecule has 1 unspecified atom stereocenters. The summed E-state index contributed by atoms with van der Waals surface area (Å²) in [5.74, 6) is -0.711. The van der Waals surface area contributed by atoms with Gasteiger partial charge >= 0.3 is 0 Å². The number of carbonyl (C=O) groups excluding carboxylic acids is 2. The molecule has 2 aliphatic rings. The van der Waals surface area contributed by atoms with Gasteiger partial charge in [-0.1, -0.05) is 30.3 Å². The van der Waals surface area contributed by atoms with Gasteiger partial charge in [-0.15, -0.1) is 0 Å². The summed E-state index contributed by atoms with van der Waals surface area (Å²) in [6, 6.07) is 12.2. The van der Waals surface area contributed by atoms with E-state index < -0.39 is 5.82 Å².